The number of hydrogen-bond donors (Lipinski definition) is 2. The Kier molecular flexibility index (Phi) is 6.43. The van der Waals surface area contributed by atoms with Gasteiger partial charge >= 0.3 is 0 Å². The zero-order valence-electron chi connectivity index (χ0n) is 19.8. The van der Waals surface area contributed by atoms with Crippen molar-refractivity contribution in [3.05, 3.63) is 83.4 Å². The molecule has 0 unspecified atom stereocenters. The van der Waals surface area contributed by atoms with Gasteiger partial charge in [0.05, 0.1) is 24.4 Å². The Labute approximate surface area is 203 Å². The van der Waals surface area contributed by atoms with E-state index in [9.17, 15) is 9.90 Å². The van der Waals surface area contributed by atoms with E-state index in [-0.39, 0.29) is 18.6 Å². The largest absolute Gasteiger partial charge is 0.389 e. The van der Waals surface area contributed by atoms with Crippen molar-refractivity contribution in [1.82, 2.24) is 29.9 Å². The number of nitrogens with one attached hydrogen (secondary N) is 1. The molecule has 1 saturated heterocycles. The molecular weight excluding hydrogens is 444 g/mol. The van der Waals surface area contributed by atoms with Crippen LogP contribution in [0.15, 0.2) is 61.1 Å². The summed E-state index contributed by atoms with van der Waals surface area (Å²) in [5, 5.41) is 21.9. The highest BCUT2D eigenvalue weighted by atomic mass is 16.5. The normalized spacial score (nSPS) is 17.9. The highest BCUT2D eigenvalue weighted by Crippen LogP contribution is 2.23. The zero-order valence-corrected chi connectivity index (χ0v) is 19.8. The Morgan fingerprint density at radius 2 is 2.06 bits per heavy atom. The van der Waals surface area contributed by atoms with Crippen LogP contribution >= 0.6 is 0 Å². The fourth-order valence-electron chi connectivity index (χ4n) is 4.28. The van der Waals surface area contributed by atoms with Crippen molar-refractivity contribution in [2.45, 2.75) is 31.9 Å². The molecule has 2 atom stereocenters. The number of nitrogens with zero attached hydrogens (tertiary/aromatic N) is 5. The van der Waals surface area contributed by atoms with Crippen LogP contribution in [0.25, 0.3) is 17.1 Å². The molecule has 0 radical (unpaired) electrons. The first-order valence-electron chi connectivity index (χ1n) is 11.6. The first-order chi connectivity index (χ1) is 17.0. The Morgan fingerprint density at radius 3 is 2.74 bits per heavy atom. The number of rotatable bonds is 6. The maximum absolute atomic E-state index is 13.1. The second-order valence-corrected chi connectivity index (χ2v) is 8.83. The highest BCUT2D eigenvalue weighted by Gasteiger charge is 2.26. The average Bonchev–Trinajstić information content (AvgIpc) is 3.54. The third kappa shape index (κ3) is 5.01. The van der Waals surface area contributed by atoms with Crippen LogP contribution in [0, 0.1) is 6.92 Å². The van der Waals surface area contributed by atoms with Gasteiger partial charge in [0.1, 0.15) is 5.69 Å². The predicted molar refractivity (Wildman–Crippen MR) is 130 cm³/mol. The van der Waals surface area contributed by atoms with Crippen molar-refractivity contribution in [1.29, 1.82) is 0 Å². The summed E-state index contributed by atoms with van der Waals surface area (Å²) in [7, 11) is 1.90. The number of hydrogen-bond acceptors (Lipinski definition) is 6. The van der Waals surface area contributed by atoms with Crippen molar-refractivity contribution in [2.24, 2.45) is 7.05 Å². The SMILES string of the molecule is Cc1c(Cc2ccc(-c3ccn(C)n3)cc2)cc(C(=O)N[C@H]2CCOC[C@@H]2O)nc1-n1cccn1. The van der Waals surface area contributed by atoms with Crippen LogP contribution in [0.5, 0.6) is 0 Å². The molecule has 4 heterocycles. The molecule has 0 saturated carbocycles. The van der Waals surface area contributed by atoms with E-state index >= 15 is 0 Å². The molecule has 0 bridgehead atoms. The first-order valence-corrected chi connectivity index (χ1v) is 11.6. The lowest BCUT2D eigenvalue weighted by Gasteiger charge is -2.28. The first kappa shape index (κ1) is 22.9. The van der Waals surface area contributed by atoms with Gasteiger partial charge in [-0.2, -0.15) is 10.2 Å². The van der Waals surface area contributed by atoms with Crippen LogP contribution < -0.4 is 5.32 Å². The summed E-state index contributed by atoms with van der Waals surface area (Å²) in [6.07, 6.45) is 5.87. The van der Waals surface area contributed by atoms with Crippen molar-refractivity contribution in [3.8, 4) is 17.1 Å². The number of aliphatic hydroxyl groups is 1. The molecule has 180 valence electrons. The topological polar surface area (TPSA) is 107 Å². The van der Waals surface area contributed by atoms with Crippen molar-refractivity contribution in [3.63, 3.8) is 0 Å². The quantitative estimate of drug-likeness (QED) is 0.446. The van der Waals surface area contributed by atoms with Gasteiger partial charge in [-0.05, 0) is 54.7 Å². The Hall–Kier alpha value is -3.82. The van der Waals surface area contributed by atoms with Gasteiger partial charge in [-0.1, -0.05) is 24.3 Å². The standard InChI is InChI=1S/C26H28N6O3/c1-17-20(14-18-4-6-19(7-5-18)21-8-12-31(2)30-21)15-23(28-25(17)32-11-3-10-27-32)26(34)29-22-9-13-35-16-24(22)33/h3-8,10-12,15,22,24,33H,9,13-14,16H2,1-2H3,(H,29,34)/t22-,24-/m0/s1. The van der Waals surface area contributed by atoms with Gasteiger partial charge in [-0.15, -0.1) is 0 Å². The van der Waals surface area contributed by atoms with E-state index in [1.54, 1.807) is 15.6 Å². The number of carbonyl (C=O) groups is 1. The van der Waals surface area contributed by atoms with Crippen molar-refractivity contribution >= 4 is 5.91 Å². The molecule has 2 N–H and O–H groups in total. The van der Waals surface area contributed by atoms with Crippen molar-refractivity contribution in [2.75, 3.05) is 13.2 Å². The number of aliphatic hydroxyl groups excluding tert-OH is 1. The molecular formula is C26H28N6O3. The molecule has 5 rings (SSSR count). The summed E-state index contributed by atoms with van der Waals surface area (Å²) in [5.41, 5.74) is 5.30. The number of aryl methyl sites for hydroxylation is 1. The van der Waals surface area contributed by atoms with E-state index in [0.717, 1.165) is 27.9 Å². The second-order valence-electron chi connectivity index (χ2n) is 8.83. The van der Waals surface area contributed by atoms with E-state index in [4.69, 9.17) is 4.74 Å². The number of ether oxygens (including phenoxy) is 1. The third-order valence-electron chi connectivity index (χ3n) is 6.31. The maximum atomic E-state index is 13.1. The summed E-state index contributed by atoms with van der Waals surface area (Å²) in [5.74, 6) is 0.284. The Bertz CT molecular complexity index is 1310. The Balaban J connectivity index is 1.44. The van der Waals surface area contributed by atoms with Gasteiger partial charge in [0, 0.05) is 37.8 Å². The minimum Gasteiger partial charge on any atom is -0.389 e. The molecule has 0 aliphatic carbocycles. The molecule has 3 aromatic heterocycles. The van der Waals surface area contributed by atoms with Crippen LogP contribution in [0.3, 0.4) is 0 Å². The van der Waals surface area contributed by atoms with E-state index in [0.29, 0.717) is 31.0 Å². The molecule has 1 fully saturated rings. The van der Waals surface area contributed by atoms with Crippen LogP contribution in [0.4, 0.5) is 0 Å². The molecule has 1 aromatic carbocycles. The molecule has 9 heteroatoms. The van der Waals surface area contributed by atoms with E-state index in [2.05, 4.69) is 44.8 Å². The lowest BCUT2D eigenvalue weighted by molar-refractivity contribution is -0.0261. The molecule has 1 aliphatic heterocycles. The van der Waals surface area contributed by atoms with E-state index < -0.39 is 6.10 Å². The fourth-order valence-corrected chi connectivity index (χ4v) is 4.28. The number of carbonyl (C=O) groups excluding carboxylic acids is 1. The monoisotopic (exact) mass is 472 g/mol. The summed E-state index contributed by atoms with van der Waals surface area (Å²) in [6.45, 7) is 2.71. The predicted octanol–water partition coefficient (Wildman–Crippen LogP) is 2.45. The van der Waals surface area contributed by atoms with E-state index in [1.807, 2.05) is 44.6 Å². The zero-order chi connectivity index (χ0) is 24.4. The molecule has 0 spiro atoms. The lowest BCUT2D eigenvalue weighted by atomic mass is 9.98. The summed E-state index contributed by atoms with van der Waals surface area (Å²) < 4.78 is 8.73. The number of amides is 1. The summed E-state index contributed by atoms with van der Waals surface area (Å²) in [6, 6.07) is 13.5. The van der Waals surface area contributed by atoms with Gasteiger partial charge in [-0.3, -0.25) is 9.48 Å². The van der Waals surface area contributed by atoms with Gasteiger partial charge in [0.15, 0.2) is 5.82 Å². The molecule has 9 nitrogen and oxygen atoms in total. The fraction of sp³-hybridized carbons (Fsp3) is 0.308. The maximum Gasteiger partial charge on any atom is 0.270 e. The Morgan fingerprint density at radius 1 is 1.23 bits per heavy atom. The number of aromatic nitrogens is 5. The molecule has 4 aromatic rings. The summed E-state index contributed by atoms with van der Waals surface area (Å²) in [4.78, 5) is 17.8. The second kappa shape index (κ2) is 9.81. The molecule has 35 heavy (non-hydrogen) atoms. The highest BCUT2D eigenvalue weighted by molar-refractivity contribution is 5.93. The molecule has 1 amide bonds. The van der Waals surface area contributed by atoms with Gasteiger partial charge in [-0.25, -0.2) is 9.67 Å². The van der Waals surface area contributed by atoms with Gasteiger partial charge < -0.3 is 15.2 Å². The van der Waals surface area contributed by atoms with Crippen molar-refractivity contribution < 1.29 is 14.6 Å². The van der Waals surface area contributed by atoms with Gasteiger partial charge in [0.25, 0.3) is 5.91 Å². The van der Waals surface area contributed by atoms with Crippen LogP contribution in [-0.4, -0.2) is 60.9 Å². The van der Waals surface area contributed by atoms with Crippen LogP contribution in [0.2, 0.25) is 0 Å². The minimum atomic E-state index is -0.735. The van der Waals surface area contributed by atoms with E-state index in [1.165, 1.54) is 0 Å². The lowest BCUT2D eigenvalue weighted by Crippen LogP contribution is -2.48. The molecule has 1 aliphatic rings. The minimum absolute atomic E-state index is 0.213. The number of pyridine rings is 1. The van der Waals surface area contributed by atoms with Crippen LogP contribution in [0.1, 0.15) is 33.6 Å². The van der Waals surface area contributed by atoms with Crippen LogP contribution in [-0.2, 0) is 18.2 Å². The van der Waals surface area contributed by atoms with Gasteiger partial charge in [0.2, 0.25) is 0 Å². The third-order valence-corrected chi connectivity index (χ3v) is 6.31. The summed E-state index contributed by atoms with van der Waals surface area (Å²) >= 11 is 0. The smallest absolute Gasteiger partial charge is 0.270 e. The average molecular weight is 473 g/mol. The number of benzene rings is 1.